The maximum absolute atomic E-state index is 13.3. The fourth-order valence-electron chi connectivity index (χ4n) is 2.62. The third-order valence-electron chi connectivity index (χ3n) is 3.91. The first-order valence-electron chi connectivity index (χ1n) is 8.09. The van der Waals surface area contributed by atoms with Gasteiger partial charge >= 0.3 is 12.1 Å². The lowest BCUT2D eigenvalue weighted by atomic mass is 10.0. The Labute approximate surface area is 139 Å². The third kappa shape index (κ3) is 5.40. The summed E-state index contributed by atoms with van der Waals surface area (Å²) in [4.78, 5) is 11.3. The minimum absolute atomic E-state index is 0.0546. The van der Waals surface area contributed by atoms with Crippen molar-refractivity contribution in [3.63, 3.8) is 0 Å². The van der Waals surface area contributed by atoms with Gasteiger partial charge in [0.15, 0.2) is 0 Å². The third-order valence-corrected chi connectivity index (χ3v) is 3.91. The Balaban J connectivity index is 2.05. The predicted molar refractivity (Wildman–Crippen MR) is 82.9 cm³/mol. The Bertz CT molecular complexity index is 555. The van der Waals surface area contributed by atoms with Gasteiger partial charge in [0.25, 0.3) is 0 Å². The molecule has 1 saturated heterocycles. The van der Waals surface area contributed by atoms with E-state index >= 15 is 0 Å². The van der Waals surface area contributed by atoms with Crippen molar-refractivity contribution < 1.29 is 27.4 Å². The molecule has 7 heteroatoms. The number of aryl methyl sites for hydroxylation is 1. The fourth-order valence-corrected chi connectivity index (χ4v) is 2.62. The second-order valence-corrected chi connectivity index (χ2v) is 5.80. The number of carbonyl (C=O) groups is 1. The van der Waals surface area contributed by atoms with Crippen LogP contribution in [0.15, 0.2) is 18.2 Å². The summed E-state index contributed by atoms with van der Waals surface area (Å²) in [6.45, 7) is 3.84. The van der Waals surface area contributed by atoms with Crippen LogP contribution in [0, 0.1) is 5.92 Å². The molecule has 134 valence electrons. The van der Waals surface area contributed by atoms with Gasteiger partial charge in [0, 0.05) is 18.9 Å². The molecule has 1 aliphatic heterocycles. The zero-order chi connectivity index (χ0) is 17.6. The lowest BCUT2D eigenvalue weighted by molar-refractivity contribution is -0.143. The van der Waals surface area contributed by atoms with Crippen molar-refractivity contribution in [2.24, 2.45) is 5.92 Å². The number of ether oxygens (including phenoxy) is 2. The Hall–Kier alpha value is -1.76. The van der Waals surface area contributed by atoms with Gasteiger partial charge in [-0.3, -0.25) is 4.79 Å². The van der Waals surface area contributed by atoms with Crippen molar-refractivity contribution in [1.82, 2.24) is 5.32 Å². The van der Waals surface area contributed by atoms with Crippen LogP contribution >= 0.6 is 0 Å². The molecule has 0 radical (unpaired) electrons. The molecule has 0 aromatic heterocycles. The first kappa shape index (κ1) is 18.6. The molecule has 24 heavy (non-hydrogen) atoms. The summed E-state index contributed by atoms with van der Waals surface area (Å²) in [7, 11) is 0. The summed E-state index contributed by atoms with van der Waals surface area (Å²) >= 11 is 0. The van der Waals surface area contributed by atoms with Gasteiger partial charge < -0.3 is 14.8 Å². The van der Waals surface area contributed by atoms with Gasteiger partial charge in [-0.2, -0.15) is 13.2 Å². The van der Waals surface area contributed by atoms with Crippen LogP contribution in [0.1, 0.15) is 30.9 Å². The molecule has 2 rings (SSSR count). The number of benzene rings is 1. The van der Waals surface area contributed by atoms with Crippen LogP contribution in [0.2, 0.25) is 0 Å². The van der Waals surface area contributed by atoms with E-state index in [1.165, 1.54) is 6.07 Å². The number of carbonyl (C=O) groups excluding carboxylic acids is 1. The highest BCUT2D eigenvalue weighted by molar-refractivity contribution is 5.69. The van der Waals surface area contributed by atoms with Crippen LogP contribution in [-0.4, -0.2) is 32.3 Å². The summed E-state index contributed by atoms with van der Waals surface area (Å²) < 4.78 is 50.0. The van der Waals surface area contributed by atoms with Crippen molar-refractivity contribution in [1.29, 1.82) is 0 Å². The van der Waals surface area contributed by atoms with Gasteiger partial charge in [0.05, 0.1) is 18.8 Å². The number of esters is 1. The van der Waals surface area contributed by atoms with E-state index in [0.29, 0.717) is 5.56 Å². The number of rotatable bonds is 7. The monoisotopic (exact) mass is 345 g/mol. The SMILES string of the molecule is CCOC(=O)CCc1ccc(OCC2CCNC2)c(C(F)(F)F)c1. The van der Waals surface area contributed by atoms with Crippen LogP contribution in [0.5, 0.6) is 5.75 Å². The Kier molecular flexibility index (Phi) is 6.48. The van der Waals surface area contributed by atoms with Crippen molar-refractivity contribution in [2.45, 2.75) is 32.4 Å². The molecular formula is C17H22F3NO3. The van der Waals surface area contributed by atoms with Crippen LogP contribution in [0.3, 0.4) is 0 Å². The number of nitrogens with one attached hydrogen (secondary N) is 1. The molecule has 1 unspecified atom stereocenters. The second-order valence-electron chi connectivity index (χ2n) is 5.80. The summed E-state index contributed by atoms with van der Waals surface area (Å²) in [5.41, 5.74) is -0.361. The van der Waals surface area contributed by atoms with Crippen LogP contribution in [0.4, 0.5) is 13.2 Å². The second kappa shape index (κ2) is 8.37. The normalized spacial score (nSPS) is 17.8. The minimum Gasteiger partial charge on any atom is -0.493 e. The van der Waals surface area contributed by atoms with Crippen molar-refractivity contribution in [3.05, 3.63) is 29.3 Å². The number of hydrogen-bond acceptors (Lipinski definition) is 4. The van der Waals surface area contributed by atoms with E-state index in [1.807, 2.05) is 0 Å². The molecule has 0 aliphatic carbocycles. The predicted octanol–water partition coefficient (Wildman–Crippen LogP) is 3.19. The lowest BCUT2D eigenvalue weighted by Gasteiger charge is -2.17. The van der Waals surface area contributed by atoms with Gasteiger partial charge in [-0.05, 0) is 44.0 Å². The Morgan fingerprint density at radius 2 is 2.17 bits per heavy atom. The number of hydrogen-bond donors (Lipinski definition) is 1. The maximum atomic E-state index is 13.3. The fraction of sp³-hybridized carbons (Fsp3) is 0.588. The molecule has 0 spiro atoms. The van der Waals surface area contributed by atoms with E-state index in [0.717, 1.165) is 25.6 Å². The van der Waals surface area contributed by atoms with Crippen molar-refractivity contribution in [2.75, 3.05) is 26.3 Å². The van der Waals surface area contributed by atoms with E-state index < -0.39 is 17.7 Å². The molecule has 1 N–H and O–H groups in total. The topological polar surface area (TPSA) is 47.6 Å². The highest BCUT2D eigenvalue weighted by Crippen LogP contribution is 2.37. The van der Waals surface area contributed by atoms with E-state index in [-0.39, 0.29) is 37.7 Å². The molecule has 4 nitrogen and oxygen atoms in total. The largest absolute Gasteiger partial charge is 0.493 e. The molecular weight excluding hydrogens is 323 g/mol. The molecule has 1 aliphatic rings. The van der Waals surface area contributed by atoms with Crippen LogP contribution in [0.25, 0.3) is 0 Å². The molecule has 1 aromatic carbocycles. The molecule has 1 atom stereocenters. The summed E-state index contributed by atoms with van der Waals surface area (Å²) in [6, 6.07) is 3.96. The summed E-state index contributed by atoms with van der Waals surface area (Å²) in [5.74, 6) is -0.344. The van der Waals surface area contributed by atoms with Gasteiger partial charge in [0.2, 0.25) is 0 Å². The van der Waals surface area contributed by atoms with Gasteiger partial charge in [0.1, 0.15) is 5.75 Å². The van der Waals surface area contributed by atoms with Crippen LogP contribution < -0.4 is 10.1 Å². The molecule has 1 heterocycles. The maximum Gasteiger partial charge on any atom is 0.419 e. The number of alkyl halides is 3. The van der Waals surface area contributed by atoms with E-state index in [1.54, 1.807) is 13.0 Å². The summed E-state index contributed by atoms with van der Waals surface area (Å²) in [5, 5.41) is 3.15. The average molecular weight is 345 g/mol. The molecule has 1 fully saturated rings. The lowest BCUT2D eigenvalue weighted by Crippen LogP contribution is -2.17. The van der Waals surface area contributed by atoms with E-state index in [4.69, 9.17) is 9.47 Å². The van der Waals surface area contributed by atoms with Crippen molar-refractivity contribution in [3.8, 4) is 5.75 Å². The molecule has 1 aromatic rings. The highest BCUT2D eigenvalue weighted by Gasteiger charge is 2.35. The van der Waals surface area contributed by atoms with E-state index in [9.17, 15) is 18.0 Å². The van der Waals surface area contributed by atoms with Crippen LogP contribution in [-0.2, 0) is 22.1 Å². The van der Waals surface area contributed by atoms with E-state index in [2.05, 4.69) is 5.32 Å². The first-order chi connectivity index (χ1) is 11.4. The Morgan fingerprint density at radius 1 is 1.38 bits per heavy atom. The zero-order valence-electron chi connectivity index (χ0n) is 13.6. The zero-order valence-corrected chi connectivity index (χ0v) is 13.6. The standard InChI is InChI=1S/C17H22F3NO3/c1-2-23-16(22)6-4-12-3-5-15(14(9-12)17(18,19)20)24-11-13-7-8-21-10-13/h3,5,9,13,21H,2,4,6-8,10-11H2,1H3. The average Bonchev–Trinajstić information content (AvgIpc) is 3.04. The van der Waals surface area contributed by atoms with Gasteiger partial charge in [-0.15, -0.1) is 0 Å². The first-order valence-corrected chi connectivity index (χ1v) is 8.09. The smallest absolute Gasteiger partial charge is 0.419 e. The highest BCUT2D eigenvalue weighted by atomic mass is 19.4. The Morgan fingerprint density at radius 3 is 2.79 bits per heavy atom. The summed E-state index contributed by atoms with van der Waals surface area (Å²) in [6.07, 6.45) is -3.34. The quantitative estimate of drug-likeness (QED) is 0.771. The molecule has 0 bridgehead atoms. The molecule has 0 amide bonds. The van der Waals surface area contributed by atoms with Gasteiger partial charge in [-0.1, -0.05) is 6.07 Å². The minimum atomic E-state index is -4.50. The van der Waals surface area contributed by atoms with Crippen molar-refractivity contribution >= 4 is 5.97 Å². The molecule has 0 saturated carbocycles. The van der Waals surface area contributed by atoms with Gasteiger partial charge in [-0.25, -0.2) is 0 Å². The number of halogens is 3.